The number of aldehydes is 1. The van der Waals surface area contributed by atoms with E-state index < -0.39 is 0 Å². The van der Waals surface area contributed by atoms with Crippen molar-refractivity contribution in [1.82, 2.24) is 20.6 Å². The number of benzene rings is 2. The Bertz CT molecular complexity index is 995. The summed E-state index contributed by atoms with van der Waals surface area (Å²) >= 11 is 3.51. The summed E-state index contributed by atoms with van der Waals surface area (Å²) in [4.78, 5) is 10.8. The van der Waals surface area contributed by atoms with E-state index in [0.717, 1.165) is 46.9 Å². The van der Waals surface area contributed by atoms with Crippen molar-refractivity contribution in [1.29, 1.82) is 0 Å². The number of H-pyrrole nitrogens is 1. The molecule has 3 aromatic rings. The summed E-state index contributed by atoms with van der Waals surface area (Å²) in [6, 6.07) is 9.22. The van der Waals surface area contributed by atoms with E-state index in [1.165, 1.54) is 0 Å². The van der Waals surface area contributed by atoms with Crippen molar-refractivity contribution < 1.29 is 19.4 Å². The van der Waals surface area contributed by atoms with E-state index in [1.807, 2.05) is 31.2 Å². The molecule has 8 nitrogen and oxygen atoms in total. The number of hydrogen-bond donors (Lipinski definition) is 2. The van der Waals surface area contributed by atoms with Gasteiger partial charge in [-0.05, 0) is 64.7 Å². The molecule has 1 aromatic heterocycles. The van der Waals surface area contributed by atoms with Crippen LogP contribution in [0.25, 0.3) is 11.4 Å². The molecule has 0 aliphatic rings. The average molecular weight is 489 g/mol. The molecule has 0 spiro atoms. The topological polar surface area (TPSA) is 110 Å². The van der Waals surface area contributed by atoms with Crippen molar-refractivity contribution in [2.75, 3.05) is 13.2 Å². The van der Waals surface area contributed by atoms with Gasteiger partial charge in [-0.3, -0.25) is 0 Å². The van der Waals surface area contributed by atoms with Crippen molar-refractivity contribution >= 4 is 22.2 Å². The van der Waals surface area contributed by atoms with Gasteiger partial charge in [-0.2, -0.15) is 5.21 Å². The number of aromatic nitrogens is 4. The Morgan fingerprint density at radius 2 is 1.87 bits per heavy atom. The highest BCUT2D eigenvalue weighted by Gasteiger charge is 2.13. The number of nitrogens with one attached hydrogen (secondary N) is 1. The first-order valence-corrected chi connectivity index (χ1v) is 11.0. The maximum absolute atomic E-state index is 10.8. The standard InChI is InChI=1S/C22H25BrN4O4/c1-2-5-17-19(8-6-15(10-11-28)21(17)29)30-12-3-4-13-31-20-9-7-16(14-18(20)23)22-24-26-27-25-22/h6-9,11,14,29H,2-5,10,12-13H2,1H3,(H,24,25,26,27). The van der Waals surface area contributed by atoms with Gasteiger partial charge < -0.3 is 19.4 Å². The number of carbonyl (C=O) groups excluding carboxylic acids is 1. The molecule has 0 amide bonds. The molecule has 0 atom stereocenters. The zero-order chi connectivity index (χ0) is 22.1. The molecule has 0 unspecified atom stereocenters. The zero-order valence-electron chi connectivity index (χ0n) is 17.3. The van der Waals surface area contributed by atoms with Gasteiger partial charge in [0.15, 0.2) is 0 Å². The molecule has 2 aromatic carbocycles. The van der Waals surface area contributed by atoms with Crippen LogP contribution in [-0.4, -0.2) is 45.2 Å². The predicted octanol–water partition coefficient (Wildman–Crippen LogP) is 4.27. The van der Waals surface area contributed by atoms with Crippen LogP contribution in [-0.2, 0) is 17.6 Å². The number of nitrogens with zero attached hydrogens (tertiary/aromatic N) is 3. The van der Waals surface area contributed by atoms with Crippen molar-refractivity contribution in [2.24, 2.45) is 0 Å². The lowest BCUT2D eigenvalue weighted by Crippen LogP contribution is -2.05. The third-order valence-electron chi connectivity index (χ3n) is 4.72. The van der Waals surface area contributed by atoms with E-state index in [2.05, 4.69) is 36.6 Å². The smallest absolute Gasteiger partial charge is 0.204 e. The largest absolute Gasteiger partial charge is 0.507 e. The third-order valence-corrected chi connectivity index (χ3v) is 5.34. The number of unbranched alkanes of at least 4 members (excludes halogenated alkanes) is 1. The lowest BCUT2D eigenvalue weighted by molar-refractivity contribution is -0.107. The van der Waals surface area contributed by atoms with E-state index in [9.17, 15) is 9.90 Å². The van der Waals surface area contributed by atoms with E-state index in [-0.39, 0.29) is 12.2 Å². The van der Waals surface area contributed by atoms with Crippen LogP contribution < -0.4 is 9.47 Å². The summed E-state index contributed by atoms with van der Waals surface area (Å²) in [7, 11) is 0. The summed E-state index contributed by atoms with van der Waals surface area (Å²) in [5.41, 5.74) is 2.24. The number of hydrogen-bond acceptors (Lipinski definition) is 7. The molecular weight excluding hydrogens is 464 g/mol. The lowest BCUT2D eigenvalue weighted by atomic mass is 10.0. The van der Waals surface area contributed by atoms with E-state index in [4.69, 9.17) is 9.47 Å². The van der Waals surface area contributed by atoms with Gasteiger partial charge in [-0.1, -0.05) is 19.4 Å². The maximum atomic E-state index is 10.8. The van der Waals surface area contributed by atoms with Crippen LogP contribution in [0.2, 0.25) is 0 Å². The van der Waals surface area contributed by atoms with Gasteiger partial charge in [-0.15, -0.1) is 10.2 Å². The first-order valence-electron chi connectivity index (χ1n) is 10.2. The number of phenols is 1. The van der Waals surface area contributed by atoms with Gasteiger partial charge >= 0.3 is 0 Å². The number of rotatable bonds is 12. The summed E-state index contributed by atoms with van der Waals surface area (Å²) in [5, 5.41) is 24.3. The monoisotopic (exact) mass is 488 g/mol. The summed E-state index contributed by atoms with van der Waals surface area (Å²) in [5.74, 6) is 2.12. The van der Waals surface area contributed by atoms with E-state index in [1.54, 1.807) is 6.07 Å². The van der Waals surface area contributed by atoms with Crippen LogP contribution in [0, 0.1) is 0 Å². The minimum atomic E-state index is 0.170. The van der Waals surface area contributed by atoms with Crippen LogP contribution in [0.3, 0.4) is 0 Å². The molecule has 0 saturated carbocycles. The van der Waals surface area contributed by atoms with Crippen LogP contribution in [0.1, 0.15) is 37.3 Å². The molecule has 1 heterocycles. The quantitative estimate of drug-likeness (QED) is 0.289. The van der Waals surface area contributed by atoms with Crippen LogP contribution in [0.15, 0.2) is 34.8 Å². The average Bonchev–Trinajstić information content (AvgIpc) is 3.30. The second-order valence-corrected chi connectivity index (χ2v) is 7.81. The molecule has 2 N–H and O–H groups in total. The molecule has 0 aliphatic carbocycles. The number of aromatic hydroxyl groups is 1. The van der Waals surface area contributed by atoms with Gasteiger partial charge in [0.2, 0.25) is 5.82 Å². The second kappa shape index (κ2) is 11.5. The van der Waals surface area contributed by atoms with Crippen molar-refractivity contribution in [3.8, 4) is 28.6 Å². The highest BCUT2D eigenvalue weighted by molar-refractivity contribution is 9.10. The Balaban J connectivity index is 1.46. The highest BCUT2D eigenvalue weighted by Crippen LogP contribution is 2.33. The molecule has 0 bridgehead atoms. The normalized spacial score (nSPS) is 10.8. The Hall–Kier alpha value is -2.94. The number of ether oxygens (including phenoxy) is 2. The molecule has 9 heteroatoms. The highest BCUT2D eigenvalue weighted by atomic mass is 79.9. The zero-order valence-corrected chi connectivity index (χ0v) is 18.9. The van der Waals surface area contributed by atoms with E-state index in [0.29, 0.717) is 36.8 Å². The van der Waals surface area contributed by atoms with Crippen LogP contribution in [0.4, 0.5) is 0 Å². The number of carbonyl (C=O) groups is 1. The fraction of sp³-hybridized carbons (Fsp3) is 0.364. The minimum absolute atomic E-state index is 0.170. The number of phenolic OH excluding ortho intramolecular Hbond substituents is 1. The van der Waals surface area contributed by atoms with Gasteiger partial charge in [0.1, 0.15) is 23.5 Å². The second-order valence-electron chi connectivity index (χ2n) is 6.96. The minimum Gasteiger partial charge on any atom is -0.507 e. The molecule has 31 heavy (non-hydrogen) atoms. The molecular formula is C22H25BrN4O4. The summed E-state index contributed by atoms with van der Waals surface area (Å²) in [6.45, 7) is 3.11. The molecule has 0 fully saturated rings. The Morgan fingerprint density at radius 1 is 1.13 bits per heavy atom. The van der Waals surface area contributed by atoms with Crippen molar-refractivity contribution in [3.63, 3.8) is 0 Å². The summed E-state index contributed by atoms with van der Waals surface area (Å²) < 4.78 is 12.6. The number of aromatic amines is 1. The Kier molecular flexibility index (Phi) is 8.40. The molecule has 0 saturated heterocycles. The molecule has 0 aliphatic heterocycles. The fourth-order valence-electron chi connectivity index (χ4n) is 3.16. The fourth-order valence-corrected chi connectivity index (χ4v) is 3.65. The van der Waals surface area contributed by atoms with Gasteiger partial charge in [0.25, 0.3) is 0 Å². The number of halogens is 1. The molecule has 3 rings (SSSR count). The Labute approximate surface area is 189 Å². The third kappa shape index (κ3) is 6.04. The van der Waals surface area contributed by atoms with Crippen LogP contribution >= 0.6 is 15.9 Å². The van der Waals surface area contributed by atoms with E-state index >= 15 is 0 Å². The SMILES string of the molecule is CCCc1c(OCCCCOc2ccc(-c3nn[nH]n3)cc2Br)ccc(CC=O)c1O. The van der Waals surface area contributed by atoms with Crippen molar-refractivity contribution in [2.45, 2.75) is 39.0 Å². The lowest BCUT2D eigenvalue weighted by Gasteiger charge is -2.15. The van der Waals surface area contributed by atoms with Gasteiger partial charge in [-0.25, -0.2) is 0 Å². The van der Waals surface area contributed by atoms with Crippen LogP contribution in [0.5, 0.6) is 17.2 Å². The first kappa shape index (κ1) is 22.7. The maximum Gasteiger partial charge on any atom is 0.204 e. The van der Waals surface area contributed by atoms with Gasteiger partial charge in [0.05, 0.1) is 17.7 Å². The molecule has 0 radical (unpaired) electrons. The first-order chi connectivity index (χ1) is 15.1. The van der Waals surface area contributed by atoms with Crippen molar-refractivity contribution in [3.05, 3.63) is 45.9 Å². The predicted molar refractivity (Wildman–Crippen MR) is 119 cm³/mol. The summed E-state index contributed by atoms with van der Waals surface area (Å²) in [6.07, 6.45) is 4.19. The molecule has 164 valence electrons. The Morgan fingerprint density at radius 3 is 2.52 bits per heavy atom. The van der Waals surface area contributed by atoms with Gasteiger partial charge in [0, 0.05) is 23.1 Å². The number of tetrazole rings is 1.